The highest BCUT2D eigenvalue weighted by atomic mass is 32.2. The van der Waals surface area contributed by atoms with E-state index in [1.54, 1.807) is 0 Å². The van der Waals surface area contributed by atoms with E-state index in [2.05, 4.69) is 0 Å². The van der Waals surface area contributed by atoms with Gasteiger partial charge < -0.3 is 10.8 Å². The lowest BCUT2D eigenvalue weighted by Gasteiger charge is -2.26. The Hall–Kier alpha value is -0.650. The molecule has 3 N–H and O–H groups in total. The Morgan fingerprint density at radius 2 is 2.12 bits per heavy atom. The van der Waals surface area contributed by atoms with Crippen molar-refractivity contribution in [3.05, 3.63) is 29.8 Å². The molecule has 1 aliphatic rings. The summed E-state index contributed by atoms with van der Waals surface area (Å²) in [4.78, 5) is 0.244. The van der Waals surface area contributed by atoms with Crippen LogP contribution in [0.1, 0.15) is 12.8 Å². The summed E-state index contributed by atoms with van der Waals surface area (Å²) in [5.41, 5.74) is 5.37. The first-order chi connectivity index (χ1) is 8.05. The van der Waals surface area contributed by atoms with E-state index in [4.69, 9.17) is 5.73 Å². The van der Waals surface area contributed by atoms with Gasteiger partial charge in [-0.1, -0.05) is 0 Å². The highest BCUT2D eigenvalue weighted by Gasteiger charge is 2.41. The molecule has 0 amide bonds. The number of hydrogen-bond donors (Lipinski definition) is 2. The van der Waals surface area contributed by atoms with Gasteiger partial charge in [-0.3, -0.25) is 0 Å². The fourth-order valence-corrected chi connectivity index (χ4v) is 2.90. The number of benzene rings is 1. The standard InChI is InChI=1S/C12H15F2NOS/c13-9-3-4-10(14)11(5-9)17-7-12(15,6-16)8-1-2-8/h3-5,8,16H,1-2,6-7,15H2. The van der Waals surface area contributed by atoms with Gasteiger partial charge >= 0.3 is 0 Å². The van der Waals surface area contributed by atoms with E-state index in [1.807, 2.05) is 0 Å². The van der Waals surface area contributed by atoms with Crippen LogP contribution in [0.3, 0.4) is 0 Å². The molecular formula is C12H15F2NOS. The van der Waals surface area contributed by atoms with Gasteiger partial charge in [0.1, 0.15) is 11.6 Å². The van der Waals surface area contributed by atoms with Crippen molar-refractivity contribution in [2.75, 3.05) is 12.4 Å². The number of nitrogens with two attached hydrogens (primary N) is 1. The maximum absolute atomic E-state index is 13.4. The van der Waals surface area contributed by atoms with Crippen LogP contribution in [-0.2, 0) is 0 Å². The largest absolute Gasteiger partial charge is 0.394 e. The zero-order valence-corrected chi connectivity index (χ0v) is 10.1. The van der Waals surface area contributed by atoms with Crippen LogP contribution in [0.5, 0.6) is 0 Å². The van der Waals surface area contributed by atoms with Gasteiger partial charge in [0.05, 0.1) is 12.1 Å². The first-order valence-corrected chi connectivity index (χ1v) is 6.51. The first-order valence-electron chi connectivity index (χ1n) is 5.53. The maximum atomic E-state index is 13.4. The molecule has 1 aromatic rings. The van der Waals surface area contributed by atoms with Crippen LogP contribution in [0.25, 0.3) is 0 Å². The molecule has 1 aliphatic carbocycles. The SMILES string of the molecule is NC(CO)(CSc1cc(F)ccc1F)C1CC1. The van der Waals surface area contributed by atoms with E-state index in [1.165, 1.54) is 0 Å². The molecule has 5 heteroatoms. The molecule has 1 fully saturated rings. The monoisotopic (exact) mass is 259 g/mol. The third-order valence-electron chi connectivity index (χ3n) is 3.07. The average molecular weight is 259 g/mol. The van der Waals surface area contributed by atoms with E-state index in [0.717, 1.165) is 42.8 Å². The number of aliphatic hydroxyl groups is 1. The molecular weight excluding hydrogens is 244 g/mol. The molecule has 2 rings (SSSR count). The number of rotatable bonds is 5. The van der Waals surface area contributed by atoms with Crippen molar-refractivity contribution in [1.29, 1.82) is 0 Å². The molecule has 0 aromatic heterocycles. The maximum Gasteiger partial charge on any atom is 0.136 e. The molecule has 2 nitrogen and oxygen atoms in total. The van der Waals surface area contributed by atoms with E-state index in [-0.39, 0.29) is 11.5 Å². The molecule has 94 valence electrons. The number of aliphatic hydroxyl groups excluding tert-OH is 1. The Labute approximate surface area is 103 Å². The zero-order chi connectivity index (χ0) is 12.5. The predicted octanol–water partition coefficient (Wildman–Crippen LogP) is 2.16. The van der Waals surface area contributed by atoms with Gasteiger partial charge in [0, 0.05) is 10.6 Å². The normalized spacial score (nSPS) is 19.1. The van der Waals surface area contributed by atoms with Gasteiger partial charge in [-0.05, 0) is 37.0 Å². The van der Waals surface area contributed by atoms with Gasteiger partial charge in [0.25, 0.3) is 0 Å². The second-order valence-electron chi connectivity index (χ2n) is 4.53. The van der Waals surface area contributed by atoms with Crippen LogP contribution in [0.2, 0.25) is 0 Å². The minimum Gasteiger partial charge on any atom is -0.394 e. The summed E-state index contributed by atoms with van der Waals surface area (Å²) in [6, 6.07) is 3.35. The molecule has 1 aromatic carbocycles. The van der Waals surface area contributed by atoms with Crippen LogP contribution in [0.4, 0.5) is 8.78 Å². The molecule has 1 unspecified atom stereocenters. The second kappa shape index (κ2) is 4.92. The fourth-order valence-electron chi connectivity index (χ4n) is 1.75. The smallest absolute Gasteiger partial charge is 0.136 e. The molecule has 1 saturated carbocycles. The fraction of sp³-hybridized carbons (Fsp3) is 0.500. The van der Waals surface area contributed by atoms with E-state index < -0.39 is 17.2 Å². The van der Waals surface area contributed by atoms with Crippen molar-refractivity contribution < 1.29 is 13.9 Å². The molecule has 1 atom stereocenters. The van der Waals surface area contributed by atoms with E-state index in [9.17, 15) is 13.9 Å². The quantitative estimate of drug-likeness (QED) is 0.797. The number of thioether (sulfide) groups is 1. The van der Waals surface area contributed by atoms with Gasteiger partial charge in [-0.15, -0.1) is 11.8 Å². The van der Waals surface area contributed by atoms with Crippen molar-refractivity contribution in [3.8, 4) is 0 Å². The van der Waals surface area contributed by atoms with Crippen molar-refractivity contribution in [2.24, 2.45) is 11.7 Å². The average Bonchev–Trinajstić information content (AvgIpc) is 3.14. The summed E-state index contributed by atoms with van der Waals surface area (Å²) in [6.45, 7) is -0.123. The molecule has 0 aliphatic heterocycles. The lowest BCUT2D eigenvalue weighted by molar-refractivity contribution is 0.194. The Morgan fingerprint density at radius 3 is 2.71 bits per heavy atom. The highest BCUT2D eigenvalue weighted by Crippen LogP contribution is 2.40. The van der Waals surface area contributed by atoms with E-state index >= 15 is 0 Å². The topological polar surface area (TPSA) is 46.2 Å². The minimum atomic E-state index is -0.677. The molecule has 0 spiro atoms. The number of hydrogen-bond acceptors (Lipinski definition) is 3. The first kappa shape index (κ1) is 12.8. The van der Waals surface area contributed by atoms with E-state index in [0.29, 0.717) is 11.7 Å². The predicted molar refractivity (Wildman–Crippen MR) is 63.8 cm³/mol. The number of halogens is 2. The van der Waals surface area contributed by atoms with Crippen LogP contribution in [0, 0.1) is 17.6 Å². The molecule has 0 radical (unpaired) electrons. The summed E-state index contributed by atoms with van der Waals surface area (Å²) >= 11 is 1.16. The van der Waals surface area contributed by atoms with Crippen LogP contribution < -0.4 is 5.73 Å². The third-order valence-corrected chi connectivity index (χ3v) is 4.38. The Bertz CT molecular complexity index is 411. The summed E-state index contributed by atoms with van der Waals surface area (Å²) < 4.78 is 26.3. The molecule has 0 saturated heterocycles. The summed E-state index contributed by atoms with van der Waals surface area (Å²) in [6.07, 6.45) is 2.01. The van der Waals surface area contributed by atoms with Crippen molar-refractivity contribution in [2.45, 2.75) is 23.3 Å². The minimum absolute atomic E-state index is 0.123. The lowest BCUT2D eigenvalue weighted by atomic mass is 9.99. The summed E-state index contributed by atoms with van der Waals surface area (Å²) in [5.74, 6) is -0.217. The Balaban J connectivity index is 2.03. The Kier molecular flexibility index (Phi) is 3.70. The molecule has 17 heavy (non-hydrogen) atoms. The van der Waals surface area contributed by atoms with Crippen molar-refractivity contribution >= 4 is 11.8 Å². The Morgan fingerprint density at radius 1 is 1.41 bits per heavy atom. The van der Waals surface area contributed by atoms with Gasteiger partial charge in [-0.25, -0.2) is 8.78 Å². The van der Waals surface area contributed by atoms with Crippen molar-refractivity contribution in [1.82, 2.24) is 0 Å². The lowest BCUT2D eigenvalue weighted by Crippen LogP contribution is -2.48. The van der Waals surface area contributed by atoms with Gasteiger partial charge in [0.15, 0.2) is 0 Å². The van der Waals surface area contributed by atoms with Crippen LogP contribution in [0.15, 0.2) is 23.1 Å². The zero-order valence-electron chi connectivity index (χ0n) is 9.33. The van der Waals surface area contributed by atoms with Gasteiger partial charge in [-0.2, -0.15) is 0 Å². The van der Waals surface area contributed by atoms with Crippen LogP contribution in [-0.4, -0.2) is 23.0 Å². The highest BCUT2D eigenvalue weighted by molar-refractivity contribution is 7.99. The molecule has 0 heterocycles. The second-order valence-corrected chi connectivity index (χ2v) is 5.55. The third kappa shape index (κ3) is 2.97. The summed E-state index contributed by atoms with van der Waals surface area (Å²) in [5, 5.41) is 9.29. The van der Waals surface area contributed by atoms with Crippen molar-refractivity contribution in [3.63, 3.8) is 0 Å². The van der Waals surface area contributed by atoms with Crippen LogP contribution >= 0.6 is 11.8 Å². The van der Waals surface area contributed by atoms with Gasteiger partial charge in [0.2, 0.25) is 0 Å². The molecule has 0 bridgehead atoms. The summed E-state index contributed by atoms with van der Waals surface area (Å²) in [7, 11) is 0.